The largest absolute Gasteiger partial charge is 0.444 e. The van der Waals surface area contributed by atoms with Crippen LogP contribution in [0.15, 0.2) is 40.6 Å². The molecule has 1 aromatic heterocycles. The predicted octanol–water partition coefficient (Wildman–Crippen LogP) is 3.40. The lowest BCUT2D eigenvalue weighted by Gasteiger charge is -2.07. The van der Waals surface area contributed by atoms with Crippen molar-refractivity contribution in [3.8, 4) is 10.8 Å². The van der Waals surface area contributed by atoms with Gasteiger partial charge in [-0.15, -0.1) is 0 Å². The van der Waals surface area contributed by atoms with Crippen LogP contribution in [0.4, 0.5) is 5.69 Å². The van der Waals surface area contributed by atoms with E-state index < -0.39 is 10.0 Å². The van der Waals surface area contributed by atoms with Crippen LogP contribution in [-0.4, -0.2) is 15.0 Å². The van der Waals surface area contributed by atoms with Crippen molar-refractivity contribution < 1.29 is 13.2 Å². The summed E-state index contributed by atoms with van der Waals surface area (Å²) in [7, 11) is -3.73. The monoisotopic (exact) mass is 326 g/mol. The summed E-state index contributed by atoms with van der Waals surface area (Å²) in [5.74, 6) is 0.652. The van der Waals surface area contributed by atoms with Gasteiger partial charge in [-0.05, 0) is 24.6 Å². The predicted molar refractivity (Wildman–Crippen MR) is 85.6 cm³/mol. The lowest BCUT2D eigenvalue weighted by atomic mass is 10.3. The molecule has 0 spiro atoms. The molecule has 0 amide bonds. The lowest BCUT2D eigenvalue weighted by Crippen LogP contribution is -2.10. The Morgan fingerprint density at radius 3 is 2.62 bits per heavy atom. The van der Waals surface area contributed by atoms with Crippen molar-refractivity contribution in [2.24, 2.45) is 5.14 Å². The number of hydrogen-bond donors (Lipinski definition) is 2. The fourth-order valence-electron chi connectivity index (χ4n) is 1.69. The van der Waals surface area contributed by atoms with Crippen LogP contribution in [0.2, 0.25) is 0 Å². The van der Waals surface area contributed by atoms with E-state index in [9.17, 15) is 8.42 Å². The molecule has 0 unspecified atom stereocenters. The van der Waals surface area contributed by atoms with Gasteiger partial charge in [-0.2, -0.15) is 0 Å². The molecule has 0 bridgehead atoms. The van der Waals surface area contributed by atoms with Gasteiger partial charge in [0.25, 0.3) is 0 Å². The molecule has 1 aromatic carbocycles. The number of hydrogen-bond acceptors (Lipinski definition) is 5. The van der Waals surface area contributed by atoms with Gasteiger partial charge in [-0.1, -0.05) is 42.9 Å². The summed E-state index contributed by atoms with van der Waals surface area (Å²) in [6.07, 6.45) is 2.04. The van der Waals surface area contributed by atoms with E-state index in [1.807, 2.05) is 30.3 Å². The third kappa shape index (κ3) is 4.45. The Kier molecular flexibility index (Phi) is 5.22. The normalized spacial score (nSPS) is 11.3. The first kappa shape index (κ1) is 15.8. The van der Waals surface area contributed by atoms with Crippen molar-refractivity contribution in [3.63, 3.8) is 0 Å². The van der Waals surface area contributed by atoms with Crippen molar-refractivity contribution in [1.82, 2.24) is 0 Å². The number of para-hydroxylation sites is 1. The molecule has 0 aliphatic carbocycles. The Morgan fingerprint density at radius 2 is 2.00 bits per heavy atom. The van der Waals surface area contributed by atoms with E-state index in [0.717, 1.165) is 30.7 Å². The number of primary sulfonamides is 1. The summed E-state index contributed by atoms with van der Waals surface area (Å²) in [4.78, 5) is 0. The molecular formula is C14H18N2O3S2. The SMILES string of the molecule is CCCCNc1cc(S(N)(=O)=O)sc1Oc1ccccc1. The molecule has 1 heterocycles. The van der Waals surface area contributed by atoms with E-state index in [-0.39, 0.29) is 4.21 Å². The van der Waals surface area contributed by atoms with E-state index in [1.165, 1.54) is 6.07 Å². The van der Waals surface area contributed by atoms with E-state index in [1.54, 1.807) is 0 Å². The number of sulfonamides is 1. The number of thiophene rings is 1. The molecular weight excluding hydrogens is 308 g/mol. The smallest absolute Gasteiger partial charge is 0.247 e. The van der Waals surface area contributed by atoms with Crippen LogP contribution >= 0.6 is 11.3 Å². The average Bonchev–Trinajstić information content (AvgIpc) is 2.84. The molecule has 0 saturated carbocycles. The molecule has 0 aliphatic heterocycles. The van der Waals surface area contributed by atoms with Crippen LogP contribution in [0.3, 0.4) is 0 Å². The van der Waals surface area contributed by atoms with Gasteiger partial charge in [-0.25, -0.2) is 13.6 Å². The fourth-order valence-corrected chi connectivity index (χ4v) is 3.40. The van der Waals surface area contributed by atoms with E-state index in [4.69, 9.17) is 9.88 Å². The highest BCUT2D eigenvalue weighted by molar-refractivity contribution is 7.91. The van der Waals surface area contributed by atoms with Gasteiger partial charge in [0, 0.05) is 6.54 Å². The molecule has 7 heteroatoms. The second kappa shape index (κ2) is 6.93. The van der Waals surface area contributed by atoms with Crippen molar-refractivity contribution in [2.75, 3.05) is 11.9 Å². The molecule has 2 rings (SSSR count). The molecule has 21 heavy (non-hydrogen) atoms. The summed E-state index contributed by atoms with van der Waals surface area (Å²) in [6, 6.07) is 10.7. The van der Waals surface area contributed by atoms with Crippen molar-refractivity contribution in [3.05, 3.63) is 36.4 Å². The van der Waals surface area contributed by atoms with Gasteiger partial charge >= 0.3 is 0 Å². The average molecular weight is 326 g/mol. The Balaban J connectivity index is 2.26. The number of nitrogens with one attached hydrogen (secondary N) is 1. The maximum atomic E-state index is 11.5. The molecule has 0 atom stereocenters. The molecule has 2 aromatic rings. The maximum absolute atomic E-state index is 11.5. The van der Waals surface area contributed by atoms with Gasteiger partial charge in [0.1, 0.15) is 9.96 Å². The van der Waals surface area contributed by atoms with Gasteiger partial charge in [0.2, 0.25) is 15.1 Å². The molecule has 5 nitrogen and oxygen atoms in total. The van der Waals surface area contributed by atoms with Gasteiger partial charge in [-0.3, -0.25) is 0 Å². The lowest BCUT2D eigenvalue weighted by molar-refractivity contribution is 0.498. The molecule has 0 aliphatic rings. The van der Waals surface area contributed by atoms with Crippen LogP contribution in [0.1, 0.15) is 19.8 Å². The summed E-state index contributed by atoms with van der Waals surface area (Å²) >= 11 is 1.02. The van der Waals surface area contributed by atoms with Crippen molar-refractivity contribution >= 4 is 27.0 Å². The first-order valence-corrected chi connectivity index (χ1v) is 9.00. The molecule has 114 valence electrons. The number of anilines is 1. The Labute approximate surface area is 128 Å². The number of ether oxygens (including phenoxy) is 1. The van der Waals surface area contributed by atoms with Crippen LogP contribution in [0.5, 0.6) is 10.8 Å². The van der Waals surface area contributed by atoms with E-state index >= 15 is 0 Å². The summed E-state index contributed by atoms with van der Waals surface area (Å²) < 4.78 is 28.8. The van der Waals surface area contributed by atoms with Crippen LogP contribution in [0, 0.1) is 0 Å². The van der Waals surface area contributed by atoms with Crippen molar-refractivity contribution in [2.45, 2.75) is 24.0 Å². The number of unbranched alkanes of at least 4 members (excludes halogenated alkanes) is 1. The van der Waals surface area contributed by atoms with Crippen LogP contribution in [0.25, 0.3) is 0 Å². The number of benzene rings is 1. The van der Waals surface area contributed by atoms with Crippen LogP contribution < -0.4 is 15.2 Å². The molecule has 3 N–H and O–H groups in total. The maximum Gasteiger partial charge on any atom is 0.247 e. The minimum Gasteiger partial charge on any atom is -0.444 e. The zero-order chi connectivity index (χ0) is 15.3. The minimum absolute atomic E-state index is 0.0902. The van der Waals surface area contributed by atoms with Crippen molar-refractivity contribution in [1.29, 1.82) is 0 Å². The first-order chi connectivity index (χ1) is 10.0. The quantitative estimate of drug-likeness (QED) is 0.764. The first-order valence-electron chi connectivity index (χ1n) is 6.64. The summed E-state index contributed by atoms with van der Waals surface area (Å²) in [5, 5.41) is 8.88. The zero-order valence-electron chi connectivity index (χ0n) is 11.7. The molecule has 0 radical (unpaired) electrons. The van der Waals surface area contributed by atoms with Gasteiger partial charge < -0.3 is 10.1 Å². The number of nitrogens with two attached hydrogens (primary N) is 1. The van der Waals surface area contributed by atoms with Gasteiger partial charge in [0.05, 0.1) is 5.69 Å². The van der Waals surface area contributed by atoms with Crippen LogP contribution in [-0.2, 0) is 10.0 Å². The topological polar surface area (TPSA) is 81.4 Å². The minimum atomic E-state index is -3.73. The Hall–Kier alpha value is -1.57. The third-order valence-corrected chi connectivity index (χ3v) is 5.19. The highest BCUT2D eigenvalue weighted by atomic mass is 32.2. The van der Waals surface area contributed by atoms with E-state index in [2.05, 4.69) is 12.2 Å². The highest BCUT2D eigenvalue weighted by Gasteiger charge is 2.18. The Bertz CT molecular complexity index is 681. The van der Waals surface area contributed by atoms with E-state index in [0.29, 0.717) is 16.5 Å². The zero-order valence-corrected chi connectivity index (χ0v) is 13.3. The summed E-state index contributed by atoms with van der Waals surface area (Å²) in [5.41, 5.74) is 0.654. The number of rotatable bonds is 7. The Morgan fingerprint density at radius 1 is 1.29 bits per heavy atom. The molecule has 0 saturated heterocycles. The molecule has 0 fully saturated rings. The fraction of sp³-hybridized carbons (Fsp3) is 0.286. The second-order valence-electron chi connectivity index (χ2n) is 4.51. The van der Waals surface area contributed by atoms with Gasteiger partial charge in [0.15, 0.2) is 0 Å². The summed E-state index contributed by atoms with van der Waals surface area (Å²) in [6.45, 7) is 2.84. The second-order valence-corrected chi connectivity index (χ2v) is 7.31. The highest BCUT2D eigenvalue weighted by Crippen LogP contribution is 2.40. The third-order valence-electron chi connectivity index (χ3n) is 2.76. The standard InChI is InChI=1S/C14H18N2O3S2/c1-2-3-9-16-12-10-13(21(15,17)18)20-14(12)19-11-7-5-4-6-8-11/h4-8,10,16H,2-3,9H2,1H3,(H2,15,17,18).